The van der Waals surface area contributed by atoms with Gasteiger partial charge in [0.15, 0.2) is 0 Å². The molecule has 1 aromatic rings. The van der Waals surface area contributed by atoms with Crippen LogP contribution >= 0.6 is 0 Å². The molecule has 0 spiro atoms. The Bertz CT molecular complexity index is 334. The van der Waals surface area contributed by atoms with Crippen molar-refractivity contribution >= 4 is 0 Å². The van der Waals surface area contributed by atoms with E-state index in [0.29, 0.717) is 17.8 Å². The van der Waals surface area contributed by atoms with Crippen molar-refractivity contribution in [3.8, 4) is 5.75 Å². The maximum absolute atomic E-state index is 9.36. The predicted octanol–water partition coefficient (Wildman–Crippen LogP) is 1.53. The van der Waals surface area contributed by atoms with Crippen LogP contribution in [0.4, 0.5) is 0 Å². The summed E-state index contributed by atoms with van der Waals surface area (Å²) in [5, 5.41) is 12.9. The summed E-state index contributed by atoms with van der Waals surface area (Å²) in [5.74, 6) is 0.325. The molecule has 1 aliphatic rings. The molecule has 0 radical (unpaired) electrons. The summed E-state index contributed by atoms with van der Waals surface area (Å²) < 4.78 is 0. The first-order valence-corrected chi connectivity index (χ1v) is 5.45. The summed E-state index contributed by atoms with van der Waals surface area (Å²) in [4.78, 5) is 0. The van der Waals surface area contributed by atoms with E-state index in [1.54, 1.807) is 12.1 Å². The molecule has 1 unspecified atom stereocenters. The van der Waals surface area contributed by atoms with Gasteiger partial charge < -0.3 is 16.2 Å². The molecular weight excluding hydrogens is 188 g/mol. The van der Waals surface area contributed by atoms with E-state index in [0.717, 1.165) is 18.4 Å². The van der Waals surface area contributed by atoms with Crippen LogP contribution in [0, 0.1) is 0 Å². The molecule has 3 heteroatoms. The zero-order valence-corrected chi connectivity index (χ0v) is 8.98. The lowest BCUT2D eigenvalue weighted by Gasteiger charge is -2.35. The molecule has 1 fully saturated rings. The van der Waals surface area contributed by atoms with Gasteiger partial charge in [-0.25, -0.2) is 0 Å². The van der Waals surface area contributed by atoms with Crippen LogP contribution in [-0.2, 0) is 0 Å². The minimum atomic E-state index is 0.273. The highest BCUT2D eigenvalue weighted by molar-refractivity contribution is 5.29. The number of hydrogen-bond donors (Lipinski definition) is 3. The van der Waals surface area contributed by atoms with Crippen molar-refractivity contribution in [2.75, 3.05) is 0 Å². The van der Waals surface area contributed by atoms with Gasteiger partial charge in [-0.15, -0.1) is 0 Å². The van der Waals surface area contributed by atoms with Crippen LogP contribution in [0.2, 0.25) is 0 Å². The van der Waals surface area contributed by atoms with Gasteiger partial charge in [0.1, 0.15) is 5.75 Å². The van der Waals surface area contributed by atoms with E-state index in [1.165, 1.54) is 0 Å². The quantitative estimate of drug-likeness (QED) is 0.703. The highest BCUT2D eigenvalue weighted by Crippen LogP contribution is 2.23. The molecule has 0 saturated heterocycles. The molecule has 0 aliphatic heterocycles. The van der Waals surface area contributed by atoms with Crippen molar-refractivity contribution in [3.63, 3.8) is 0 Å². The number of phenols is 1. The molecule has 0 amide bonds. The van der Waals surface area contributed by atoms with E-state index in [9.17, 15) is 5.11 Å². The van der Waals surface area contributed by atoms with Gasteiger partial charge >= 0.3 is 0 Å². The van der Waals surface area contributed by atoms with E-state index in [4.69, 9.17) is 5.73 Å². The largest absolute Gasteiger partial charge is 0.508 e. The van der Waals surface area contributed by atoms with E-state index in [1.807, 2.05) is 12.1 Å². The molecule has 0 bridgehead atoms. The molecule has 4 N–H and O–H groups in total. The number of benzene rings is 1. The first-order valence-electron chi connectivity index (χ1n) is 5.45. The Balaban J connectivity index is 1.93. The predicted molar refractivity (Wildman–Crippen MR) is 60.7 cm³/mol. The van der Waals surface area contributed by atoms with Gasteiger partial charge in [0.05, 0.1) is 0 Å². The van der Waals surface area contributed by atoms with Gasteiger partial charge in [-0.1, -0.05) is 12.1 Å². The Morgan fingerprint density at radius 1 is 1.47 bits per heavy atom. The Hall–Kier alpha value is -1.06. The molecule has 0 aromatic heterocycles. The molecule has 1 saturated carbocycles. The second-order valence-corrected chi connectivity index (χ2v) is 4.41. The first-order chi connectivity index (χ1) is 7.15. The Morgan fingerprint density at radius 3 is 2.80 bits per heavy atom. The third-order valence-corrected chi connectivity index (χ3v) is 3.03. The summed E-state index contributed by atoms with van der Waals surface area (Å²) in [6.07, 6.45) is 2.12. The lowest BCUT2D eigenvalue weighted by atomic mass is 9.87. The summed E-state index contributed by atoms with van der Waals surface area (Å²) in [6, 6.07) is 8.57. The van der Waals surface area contributed by atoms with Crippen molar-refractivity contribution in [2.45, 2.75) is 37.9 Å². The molecular formula is C12H18N2O. The smallest absolute Gasteiger partial charge is 0.115 e. The SMILES string of the molecule is CC(NC1CC(N)C1)c1cccc(O)c1. The average Bonchev–Trinajstić information content (AvgIpc) is 2.15. The summed E-state index contributed by atoms with van der Waals surface area (Å²) >= 11 is 0. The molecule has 1 aliphatic carbocycles. The highest BCUT2D eigenvalue weighted by atomic mass is 16.3. The van der Waals surface area contributed by atoms with Crippen LogP contribution in [-0.4, -0.2) is 17.2 Å². The van der Waals surface area contributed by atoms with Gasteiger partial charge in [0.25, 0.3) is 0 Å². The van der Waals surface area contributed by atoms with Crippen molar-refractivity contribution in [1.29, 1.82) is 0 Å². The maximum atomic E-state index is 9.36. The topological polar surface area (TPSA) is 58.3 Å². The fourth-order valence-corrected chi connectivity index (χ4v) is 2.04. The van der Waals surface area contributed by atoms with Crippen molar-refractivity contribution in [3.05, 3.63) is 29.8 Å². The second kappa shape index (κ2) is 4.21. The number of hydrogen-bond acceptors (Lipinski definition) is 3. The number of phenolic OH excluding ortho intramolecular Hbond substituents is 1. The van der Waals surface area contributed by atoms with Gasteiger partial charge in [-0.3, -0.25) is 0 Å². The fraction of sp³-hybridized carbons (Fsp3) is 0.500. The van der Waals surface area contributed by atoms with Crippen LogP contribution in [0.15, 0.2) is 24.3 Å². The number of rotatable bonds is 3. The van der Waals surface area contributed by atoms with Crippen LogP contribution in [0.3, 0.4) is 0 Å². The Labute approximate surface area is 90.3 Å². The minimum Gasteiger partial charge on any atom is -0.508 e. The minimum absolute atomic E-state index is 0.273. The molecule has 1 atom stereocenters. The Morgan fingerprint density at radius 2 is 2.20 bits per heavy atom. The third kappa shape index (κ3) is 2.49. The van der Waals surface area contributed by atoms with Crippen molar-refractivity contribution < 1.29 is 5.11 Å². The van der Waals surface area contributed by atoms with E-state index >= 15 is 0 Å². The normalized spacial score (nSPS) is 27.1. The van der Waals surface area contributed by atoms with Crippen LogP contribution < -0.4 is 11.1 Å². The van der Waals surface area contributed by atoms with Gasteiger partial charge in [0, 0.05) is 18.1 Å². The summed E-state index contributed by atoms with van der Waals surface area (Å²) in [6.45, 7) is 2.11. The monoisotopic (exact) mass is 206 g/mol. The first kappa shape index (κ1) is 10.5. The van der Waals surface area contributed by atoms with Gasteiger partial charge in [-0.2, -0.15) is 0 Å². The number of nitrogens with one attached hydrogen (secondary N) is 1. The van der Waals surface area contributed by atoms with Gasteiger partial charge in [-0.05, 0) is 37.5 Å². The Kier molecular flexibility index (Phi) is 2.93. The highest BCUT2D eigenvalue weighted by Gasteiger charge is 2.26. The average molecular weight is 206 g/mol. The fourth-order valence-electron chi connectivity index (χ4n) is 2.04. The lowest BCUT2D eigenvalue weighted by molar-refractivity contribution is 0.272. The van der Waals surface area contributed by atoms with E-state index < -0.39 is 0 Å². The molecule has 1 aromatic carbocycles. The molecule has 0 heterocycles. The molecule has 15 heavy (non-hydrogen) atoms. The number of nitrogens with two attached hydrogens (primary N) is 1. The van der Waals surface area contributed by atoms with Crippen molar-refractivity contribution in [1.82, 2.24) is 5.32 Å². The third-order valence-electron chi connectivity index (χ3n) is 3.03. The summed E-state index contributed by atoms with van der Waals surface area (Å²) in [5.41, 5.74) is 6.85. The van der Waals surface area contributed by atoms with Crippen LogP contribution in [0.1, 0.15) is 31.4 Å². The molecule has 82 valence electrons. The van der Waals surface area contributed by atoms with Gasteiger partial charge in [0.2, 0.25) is 0 Å². The lowest BCUT2D eigenvalue weighted by Crippen LogP contribution is -2.49. The second-order valence-electron chi connectivity index (χ2n) is 4.41. The number of aromatic hydroxyl groups is 1. The van der Waals surface area contributed by atoms with Crippen molar-refractivity contribution in [2.24, 2.45) is 5.73 Å². The van der Waals surface area contributed by atoms with Crippen LogP contribution in [0.25, 0.3) is 0 Å². The van der Waals surface area contributed by atoms with E-state index in [-0.39, 0.29) is 6.04 Å². The zero-order chi connectivity index (χ0) is 10.8. The summed E-state index contributed by atoms with van der Waals surface area (Å²) in [7, 11) is 0. The standard InChI is InChI=1S/C12H18N2O/c1-8(14-11-6-10(13)7-11)9-3-2-4-12(15)5-9/h2-5,8,10-11,14-15H,6-7,13H2,1H3. The molecule has 3 nitrogen and oxygen atoms in total. The molecule has 2 rings (SSSR count). The zero-order valence-electron chi connectivity index (χ0n) is 8.98. The van der Waals surface area contributed by atoms with Crippen LogP contribution in [0.5, 0.6) is 5.75 Å². The van der Waals surface area contributed by atoms with E-state index in [2.05, 4.69) is 12.2 Å². The maximum Gasteiger partial charge on any atom is 0.115 e.